The predicted molar refractivity (Wildman–Crippen MR) is 111 cm³/mol. The molecule has 0 radical (unpaired) electrons. The van der Waals surface area contributed by atoms with Crippen LogP contribution < -0.4 is 4.74 Å². The molecule has 1 unspecified atom stereocenters. The standard InChI is InChI=1S/C21H23BrClNO3/c1-2-27-19-7-6-17(23)13-18(19)20(15-4-3-5-16(22)12-15)24-10-8-14(9-11-24)21(25)26/h3-7,12-14,20H,2,8-11H2,1H3,(H,25,26). The normalized spacial score (nSPS) is 16.9. The molecule has 0 aliphatic carbocycles. The van der Waals surface area contributed by atoms with Crippen molar-refractivity contribution in [3.63, 3.8) is 0 Å². The van der Waals surface area contributed by atoms with Gasteiger partial charge in [0.05, 0.1) is 18.6 Å². The van der Waals surface area contributed by atoms with E-state index in [1.54, 1.807) is 0 Å². The third-order valence-corrected chi connectivity index (χ3v) is 5.70. The van der Waals surface area contributed by atoms with Gasteiger partial charge < -0.3 is 9.84 Å². The maximum atomic E-state index is 11.3. The van der Waals surface area contributed by atoms with Gasteiger partial charge in [0, 0.05) is 15.1 Å². The number of rotatable bonds is 6. The molecule has 0 amide bonds. The summed E-state index contributed by atoms with van der Waals surface area (Å²) in [5.74, 6) is -0.159. The lowest BCUT2D eigenvalue weighted by Crippen LogP contribution is -2.39. The molecule has 0 bridgehead atoms. The number of carboxylic acids is 1. The number of halogens is 2. The lowest BCUT2D eigenvalue weighted by atomic mass is 9.91. The summed E-state index contributed by atoms with van der Waals surface area (Å²) in [5.41, 5.74) is 2.14. The van der Waals surface area contributed by atoms with Crippen molar-refractivity contribution in [2.75, 3.05) is 19.7 Å². The number of benzene rings is 2. The minimum absolute atomic E-state index is 0.0440. The third kappa shape index (κ3) is 4.84. The molecule has 4 nitrogen and oxygen atoms in total. The fourth-order valence-electron chi connectivity index (χ4n) is 3.69. The zero-order chi connectivity index (χ0) is 19.4. The van der Waals surface area contributed by atoms with Crippen molar-refractivity contribution in [1.29, 1.82) is 0 Å². The van der Waals surface area contributed by atoms with Gasteiger partial charge in [-0.05, 0) is 68.8 Å². The van der Waals surface area contributed by atoms with Crippen LogP contribution in [-0.2, 0) is 4.79 Å². The van der Waals surface area contributed by atoms with Crippen molar-refractivity contribution in [3.8, 4) is 5.75 Å². The molecule has 0 aromatic heterocycles. The molecule has 3 rings (SSSR count). The van der Waals surface area contributed by atoms with Gasteiger partial charge in [-0.2, -0.15) is 0 Å². The summed E-state index contributed by atoms with van der Waals surface area (Å²) in [4.78, 5) is 13.7. The van der Waals surface area contributed by atoms with Crippen LogP contribution in [0.2, 0.25) is 5.02 Å². The predicted octanol–water partition coefficient (Wildman–Crippen LogP) is 5.39. The summed E-state index contributed by atoms with van der Waals surface area (Å²) in [5, 5.41) is 9.98. The Hall–Kier alpha value is -1.56. The second-order valence-corrected chi connectivity index (χ2v) is 8.07. The Bertz CT molecular complexity index is 806. The van der Waals surface area contributed by atoms with Crippen LogP contribution in [0.5, 0.6) is 5.75 Å². The Morgan fingerprint density at radius 1 is 1.30 bits per heavy atom. The number of hydrogen-bond donors (Lipinski definition) is 1. The molecule has 1 atom stereocenters. The number of hydrogen-bond acceptors (Lipinski definition) is 3. The van der Waals surface area contributed by atoms with Gasteiger partial charge >= 0.3 is 5.97 Å². The van der Waals surface area contributed by atoms with Crippen molar-refractivity contribution in [2.24, 2.45) is 5.92 Å². The smallest absolute Gasteiger partial charge is 0.306 e. The van der Waals surface area contributed by atoms with Crippen LogP contribution in [-0.4, -0.2) is 35.7 Å². The SMILES string of the molecule is CCOc1ccc(Cl)cc1C(c1cccc(Br)c1)N1CCC(C(=O)O)CC1. The molecule has 1 fully saturated rings. The topological polar surface area (TPSA) is 49.8 Å². The van der Waals surface area contributed by atoms with Gasteiger partial charge in [-0.25, -0.2) is 0 Å². The number of nitrogens with zero attached hydrogens (tertiary/aromatic N) is 1. The van der Waals surface area contributed by atoms with Crippen molar-refractivity contribution >= 4 is 33.5 Å². The quantitative estimate of drug-likeness (QED) is 0.638. The molecule has 144 valence electrons. The zero-order valence-corrected chi connectivity index (χ0v) is 17.5. The first-order valence-electron chi connectivity index (χ1n) is 9.14. The lowest BCUT2D eigenvalue weighted by molar-refractivity contribution is -0.143. The second kappa shape index (κ2) is 9.09. The second-order valence-electron chi connectivity index (χ2n) is 6.72. The summed E-state index contributed by atoms with van der Waals surface area (Å²) in [6, 6.07) is 13.9. The Labute approximate surface area is 173 Å². The Morgan fingerprint density at radius 3 is 2.67 bits per heavy atom. The van der Waals surface area contributed by atoms with Gasteiger partial charge in [-0.1, -0.05) is 39.7 Å². The third-order valence-electron chi connectivity index (χ3n) is 4.97. The highest BCUT2D eigenvalue weighted by Gasteiger charge is 2.31. The summed E-state index contributed by atoms with van der Waals surface area (Å²) in [6.07, 6.45) is 1.29. The molecule has 2 aromatic rings. The number of likely N-dealkylation sites (tertiary alicyclic amines) is 1. The average molecular weight is 453 g/mol. The summed E-state index contributed by atoms with van der Waals surface area (Å²) in [7, 11) is 0. The minimum Gasteiger partial charge on any atom is -0.494 e. The van der Waals surface area contributed by atoms with Gasteiger partial charge in [0.1, 0.15) is 5.75 Å². The van der Waals surface area contributed by atoms with E-state index in [2.05, 4.69) is 33.0 Å². The van der Waals surface area contributed by atoms with Gasteiger partial charge in [0.15, 0.2) is 0 Å². The maximum absolute atomic E-state index is 11.3. The summed E-state index contributed by atoms with van der Waals surface area (Å²) in [6.45, 7) is 3.96. The molecular weight excluding hydrogens is 430 g/mol. The first kappa shape index (κ1) is 20.2. The highest BCUT2D eigenvalue weighted by Crippen LogP contribution is 2.39. The van der Waals surface area contributed by atoms with E-state index in [1.165, 1.54) is 0 Å². The van der Waals surface area contributed by atoms with Gasteiger partial charge in [-0.3, -0.25) is 9.69 Å². The monoisotopic (exact) mass is 451 g/mol. The van der Waals surface area contributed by atoms with Crippen LogP contribution in [0.15, 0.2) is 46.9 Å². The van der Waals surface area contributed by atoms with E-state index in [9.17, 15) is 9.90 Å². The molecule has 1 aliphatic rings. The first-order valence-corrected chi connectivity index (χ1v) is 10.3. The number of carboxylic acid groups (broad SMARTS) is 1. The van der Waals surface area contributed by atoms with Gasteiger partial charge in [0.25, 0.3) is 0 Å². The van der Waals surface area contributed by atoms with Crippen LogP contribution in [0, 0.1) is 5.92 Å². The highest BCUT2D eigenvalue weighted by atomic mass is 79.9. The van der Waals surface area contributed by atoms with Crippen LogP contribution in [0.4, 0.5) is 0 Å². The van der Waals surface area contributed by atoms with E-state index < -0.39 is 5.97 Å². The lowest BCUT2D eigenvalue weighted by Gasteiger charge is -2.37. The number of piperidine rings is 1. The Balaban J connectivity index is 2.02. The molecule has 1 N–H and O–H groups in total. The fraction of sp³-hybridized carbons (Fsp3) is 0.381. The van der Waals surface area contributed by atoms with Gasteiger partial charge in [-0.15, -0.1) is 0 Å². The molecule has 1 aliphatic heterocycles. The molecule has 0 saturated carbocycles. The number of aliphatic carboxylic acids is 1. The average Bonchev–Trinajstić information content (AvgIpc) is 2.65. The van der Waals surface area contributed by atoms with Crippen LogP contribution in [0.1, 0.15) is 36.9 Å². The van der Waals surface area contributed by atoms with Crippen LogP contribution in [0.3, 0.4) is 0 Å². The molecule has 0 spiro atoms. The Kier molecular flexibility index (Phi) is 6.79. The molecular formula is C21H23BrClNO3. The molecule has 2 aromatic carbocycles. The fourth-order valence-corrected chi connectivity index (χ4v) is 4.29. The van der Waals surface area contributed by atoms with Gasteiger partial charge in [0.2, 0.25) is 0 Å². The highest BCUT2D eigenvalue weighted by molar-refractivity contribution is 9.10. The number of ether oxygens (including phenoxy) is 1. The van der Waals surface area contributed by atoms with Crippen LogP contribution >= 0.6 is 27.5 Å². The molecule has 1 heterocycles. The minimum atomic E-state index is -0.702. The Morgan fingerprint density at radius 2 is 2.04 bits per heavy atom. The van der Waals surface area contributed by atoms with Crippen molar-refractivity contribution in [1.82, 2.24) is 4.90 Å². The van der Waals surface area contributed by atoms with E-state index >= 15 is 0 Å². The van der Waals surface area contributed by atoms with E-state index in [1.807, 2.05) is 37.3 Å². The van der Waals surface area contributed by atoms with Crippen molar-refractivity contribution in [3.05, 3.63) is 63.1 Å². The maximum Gasteiger partial charge on any atom is 0.306 e. The summed E-state index contributed by atoms with van der Waals surface area (Å²) < 4.78 is 6.89. The van der Waals surface area contributed by atoms with E-state index in [-0.39, 0.29) is 12.0 Å². The largest absolute Gasteiger partial charge is 0.494 e. The van der Waals surface area contributed by atoms with Crippen LogP contribution in [0.25, 0.3) is 0 Å². The molecule has 27 heavy (non-hydrogen) atoms. The van der Waals surface area contributed by atoms with E-state index in [4.69, 9.17) is 16.3 Å². The summed E-state index contributed by atoms with van der Waals surface area (Å²) >= 11 is 9.89. The van der Waals surface area contributed by atoms with Crippen molar-refractivity contribution < 1.29 is 14.6 Å². The molecule has 1 saturated heterocycles. The zero-order valence-electron chi connectivity index (χ0n) is 15.2. The first-order chi connectivity index (χ1) is 13.0. The number of carbonyl (C=O) groups is 1. The van der Waals surface area contributed by atoms with Crippen molar-refractivity contribution in [2.45, 2.75) is 25.8 Å². The van der Waals surface area contributed by atoms with E-state index in [0.717, 1.165) is 21.3 Å². The molecule has 6 heteroatoms. The van der Waals surface area contributed by atoms with E-state index in [0.29, 0.717) is 37.6 Å².